The van der Waals surface area contributed by atoms with Gasteiger partial charge in [-0.05, 0) is 44.0 Å². The molecule has 0 atom stereocenters. The van der Waals surface area contributed by atoms with Gasteiger partial charge in [-0.2, -0.15) is 0 Å². The molecule has 0 aliphatic carbocycles. The Hall–Kier alpha value is -1.88. The molecule has 0 heterocycles. The summed E-state index contributed by atoms with van der Waals surface area (Å²) in [6.07, 6.45) is 0. The van der Waals surface area contributed by atoms with Crippen molar-refractivity contribution in [2.24, 2.45) is 0 Å². The van der Waals surface area contributed by atoms with Crippen molar-refractivity contribution in [1.29, 1.82) is 0 Å². The van der Waals surface area contributed by atoms with Crippen LogP contribution in [0.3, 0.4) is 0 Å². The van der Waals surface area contributed by atoms with E-state index >= 15 is 0 Å². The van der Waals surface area contributed by atoms with Crippen molar-refractivity contribution >= 4 is 23.4 Å². The number of carbonyl (C=O) groups excluding carboxylic acids is 1. The molecule has 0 aliphatic heterocycles. The van der Waals surface area contributed by atoms with Crippen LogP contribution >= 0.6 is 11.8 Å². The topological polar surface area (TPSA) is 29.1 Å². The number of anilines is 1. The number of carbonyl (C=O) groups is 1. The van der Waals surface area contributed by atoms with Crippen LogP contribution in [0.1, 0.15) is 16.7 Å². The summed E-state index contributed by atoms with van der Waals surface area (Å²) in [7, 11) is 0. The summed E-state index contributed by atoms with van der Waals surface area (Å²) < 4.78 is 26.3. The molecular weight excluding hydrogens is 304 g/mol. The fourth-order valence-corrected chi connectivity index (χ4v) is 3.23. The number of hydrogen-bond donors (Lipinski definition) is 1. The number of benzene rings is 2. The van der Waals surface area contributed by atoms with Crippen molar-refractivity contribution in [2.45, 2.75) is 25.7 Å². The highest BCUT2D eigenvalue weighted by molar-refractivity contribution is 8.00. The van der Waals surface area contributed by atoms with Gasteiger partial charge in [0.15, 0.2) is 0 Å². The van der Waals surface area contributed by atoms with Crippen molar-refractivity contribution in [3.05, 3.63) is 58.7 Å². The van der Waals surface area contributed by atoms with Gasteiger partial charge in [0.2, 0.25) is 5.91 Å². The van der Waals surface area contributed by atoms with E-state index in [0.717, 1.165) is 28.2 Å². The fourth-order valence-electron chi connectivity index (χ4n) is 2.31. The summed E-state index contributed by atoms with van der Waals surface area (Å²) >= 11 is 1.41. The van der Waals surface area contributed by atoms with Crippen LogP contribution in [0.2, 0.25) is 0 Å². The van der Waals surface area contributed by atoms with Crippen LogP contribution in [0.25, 0.3) is 0 Å². The molecule has 2 nitrogen and oxygen atoms in total. The van der Waals surface area contributed by atoms with E-state index in [1.165, 1.54) is 23.4 Å². The monoisotopic (exact) mass is 321 g/mol. The predicted molar refractivity (Wildman–Crippen MR) is 86.4 cm³/mol. The zero-order valence-electron chi connectivity index (χ0n) is 12.7. The highest BCUT2D eigenvalue weighted by Crippen LogP contribution is 2.27. The van der Waals surface area contributed by atoms with Crippen LogP contribution in [0.15, 0.2) is 35.2 Å². The average molecular weight is 321 g/mol. The molecule has 0 fully saturated rings. The number of thioether (sulfide) groups is 1. The Morgan fingerprint density at radius 1 is 1.09 bits per heavy atom. The van der Waals surface area contributed by atoms with Gasteiger partial charge < -0.3 is 5.32 Å². The predicted octanol–water partition coefficient (Wildman–Crippen LogP) is 4.62. The van der Waals surface area contributed by atoms with E-state index in [1.54, 1.807) is 0 Å². The number of hydrogen-bond acceptors (Lipinski definition) is 2. The molecular formula is C17H17F2NOS. The molecule has 2 aromatic carbocycles. The lowest BCUT2D eigenvalue weighted by Crippen LogP contribution is -2.15. The normalized spacial score (nSPS) is 10.6. The van der Waals surface area contributed by atoms with Gasteiger partial charge in [0.25, 0.3) is 0 Å². The zero-order chi connectivity index (χ0) is 16.3. The Balaban J connectivity index is 2.02. The molecule has 5 heteroatoms. The van der Waals surface area contributed by atoms with Gasteiger partial charge in [0, 0.05) is 11.0 Å². The number of halogens is 2. The minimum Gasteiger partial charge on any atom is -0.323 e. The highest BCUT2D eigenvalue weighted by atomic mass is 32.2. The lowest BCUT2D eigenvalue weighted by atomic mass is 10.1. The van der Waals surface area contributed by atoms with Crippen LogP contribution in [0.5, 0.6) is 0 Å². The third-order valence-corrected chi connectivity index (χ3v) is 4.50. The Morgan fingerprint density at radius 3 is 2.32 bits per heavy atom. The van der Waals surface area contributed by atoms with Crippen LogP contribution < -0.4 is 5.32 Å². The SMILES string of the molecule is Cc1cc(C)c(SCC(=O)Nc2ccc(F)cc2F)c(C)c1. The molecule has 0 radical (unpaired) electrons. The second-order valence-corrected chi connectivity index (χ2v) is 6.17. The first-order valence-electron chi connectivity index (χ1n) is 6.82. The van der Waals surface area contributed by atoms with E-state index in [0.29, 0.717) is 0 Å². The molecule has 116 valence electrons. The van der Waals surface area contributed by atoms with Crippen molar-refractivity contribution in [3.8, 4) is 0 Å². The van der Waals surface area contributed by atoms with E-state index in [4.69, 9.17) is 0 Å². The zero-order valence-corrected chi connectivity index (χ0v) is 13.5. The summed E-state index contributed by atoms with van der Waals surface area (Å²) in [5.41, 5.74) is 3.40. The molecule has 2 aromatic rings. The molecule has 2 rings (SSSR count). The second-order valence-electron chi connectivity index (χ2n) is 5.19. The van der Waals surface area contributed by atoms with E-state index in [1.807, 2.05) is 20.8 Å². The van der Waals surface area contributed by atoms with Crippen LogP contribution in [-0.2, 0) is 4.79 Å². The maximum atomic E-state index is 13.5. The molecule has 0 aromatic heterocycles. The summed E-state index contributed by atoms with van der Waals surface area (Å²) in [6.45, 7) is 6.03. The Labute approximate surface area is 132 Å². The maximum absolute atomic E-state index is 13.5. The average Bonchev–Trinajstić information content (AvgIpc) is 2.40. The first-order chi connectivity index (χ1) is 10.4. The Kier molecular flexibility index (Phi) is 5.19. The van der Waals surface area contributed by atoms with Gasteiger partial charge in [0.05, 0.1) is 11.4 Å². The van der Waals surface area contributed by atoms with Gasteiger partial charge in [-0.1, -0.05) is 17.7 Å². The first kappa shape index (κ1) is 16.5. The molecule has 22 heavy (non-hydrogen) atoms. The van der Waals surface area contributed by atoms with E-state index in [-0.39, 0.29) is 17.3 Å². The summed E-state index contributed by atoms with van der Waals surface area (Å²) in [5.74, 6) is -1.60. The first-order valence-corrected chi connectivity index (χ1v) is 7.81. The molecule has 0 aliphatic rings. The molecule has 1 amide bonds. The molecule has 0 saturated heterocycles. The van der Waals surface area contributed by atoms with Gasteiger partial charge in [0.1, 0.15) is 11.6 Å². The Bertz CT molecular complexity index is 693. The van der Waals surface area contributed by atoms with E-state index in [9.17, 15) is 13.6 Å². The third kappa shape index (κ3) is 4.07. The highest BCUT2D eigenvalue weighted by Gasteiger charge is 2.11. The van der Waals surface area contributed by atoms with E-state index in [2.05, 4.69) is 17.4 Å². The number of aryl methyl sites for hydroxylation is 3. The Morgan fingerprint density at radius 2 is 1.73 bits per heavy atom. The molecule has 0 saturated carbocycles. The summed E-state index contributed by atoms with van der Waals surface area (Å²) in [5, 5.41) is 2.46. The fraction of sp³-hybridized carbons (Fsp3) is 0.235. The maximum Gasteiger partial charge on any atom is 0.234 e. The van der Waals surface area contributed by atoms with Crippen molar-refractivity contribution in [1.82, 2.24) is 0 Å². The summed E-state index contributed by atoms with van der Waals surface area (Å²) in [6, 6.07) is 7.20. The molecule has 1 N–H and O–H groups in total. The third-order valence-electron chi connectivity index (χ3n) is 3.16. The second kappa shape index (κ2) is 6.92. The molecule has 0 spiro atoms. The van der Waals surface area contributed by atoms with Gasteiger partial charge in [-0.25, -0.2) is 8.78 Å². The van der Waals surface area contributed by atoms with E-state index < -0.39 is 11.6 Å². The molecule has 0 unspecified atom stereocenters. The quantitative estimate of drug-likeness (QED) is 0.833. The van der Waals surface area contributed by atoms with Crippen LogP contribution in [0, 0.1) is 32.4 Å². The smallest absolute Gasteiger partial charge is 0.234 e. The minimum atomic E-state index is -0.777. The van der Waals surface area contributed by atoms with Crippen molar-refractivity contribution in [2.75, 3.05) is 11.1 Å². The van der Waals surface area contributed by atoms with Gasteiger partial charge in [-0.3, -0.25) is 4.79 Å². The molecule has 0 bridgehead atoms. The van der Waals surface area contributed by atoms with Crippen LogP contribution in [-0.4, -0.2) is 11.7 Å². The standard InChI is InChI=1S/C17H17F2NOS/c1-10-6-11(2)17(12(3)7-10)22-9-16(21)20-15-5-4-13(18)8-14(15)19/h4-8H,9H2,1-3H3,(H,20,21). The number of nitrogens with one attached hydrogen (secondary N) is 1. The van der Waals surface area contributed by atoms with Crippen molar-refractivity contribution in [3.63, 3.8) is 0 Å². The number of rotatable bonds is 4. The largest absolute Gasteiger partial charge is 0.323 e. The minimum absolute atomic E-state index is 0.00986. The van der Waals surface area contributed by atoms with Gasteiger partial charge >= 0.3 is 0 Å². The summed E-state index contributed by atoms with van der Waals surface area (Å²) in [4.78, 5) is 13.0. The lowest BCUT2D eigenvalue weighted by molar-refractivity contribution is -0.113. The van der Waals surface area contributed by atoms with Crippen molar-refractivity contribution < 1.29 is 13.6 Å². The van der Waals surface area contributed by atoms with Crippen LogP contribution in [0.4, 0.5) is 14.5 Å². The van der Waals surface area contributed by atoms with Gasteiger partial charge in [-0.15, -0.1) is 11.8 Å². The lowest BCUT2D eigenvalue weighted by Gasteiger charge is -2.11. The number of amides is 1.